The van der Waals surface area contributed by atoms with Crippen molar-refractivity contribution in [2.75, 3.05) is 0 Å². The number of rotatable bonds is 2. The van der Waals surface area contributed by atoms with Crippen LogP contribution < -0.4 is 5.73 Å². The number of fused-ring (bicyclic) bond motifs is 2. The third-order valence-electron chi connectivity index (χ3n) is 4.38. The van der Waals surface area contributed by atoms with Gasteiger partial charge in [-0.15, -0.1) is 0 Å². The second kappa shape index (κ2) is 5.83. The summed E-state index contributed by atoms with van der Waals surface area (Å²) in [6.07, 6.45) is 3.06. The van der Waals surface area contributed by atoms with E-state index in [2.05, 4.69) is 16.0 Å². The molecule has 0 aliphatic carbocycles. The van der Waals surface area contributed by atoms with Crippen LogP contribution in [0.4, 0.5) is 0 Å². The third-order valence-corrected chi connectivity index (χ3v) is 4.59. The standard InChI is InChI=1S/C19H12ClN5O/c1-10-17(19(22)26)18-12(7-21)8-23-9-15(18)25(10)13-3-4-14-11(6-13)2-5-16(20)24-14/h2-6,8-9H,1H3,(H2,22,26). The van der Waals surface area contributed by atoms with Gasteiger partial charge in [-0.05, 0) is 37.3 Å². The van der Waals surface area contributed by atoms with Gasteiger partial charge < -0.3 is 10.3 Å². The van der Waals surface area contributed by atoms with E-state index in [1.807, 2.05) is 28.8 Å². The number of carbonyl (C=O) groups excluding carboxylic acids is 1. The number of amides is 1. The van der Waals surface area contributed by atoms with Crippen molar-refractivity contribution in [3.05, 3.63) is 64.7 Å². The molecule has 0 saturated carbocycles. The van der Waals surface area contributed by atoms with Crippen molar-refractivity contribution < 1.29 is 4.79 Å². The Morgan fingerprint density at radius 1 is 1.27 bits per heavy atom. The fourth-order valence-corrected chi connectivity index (χ4v) is 3.46. The number of pyridine rings is 2. The topological polar surface area (TPSA) is 97.6 Å². The lowest BCUT2D eigenvalue weighted by atomic mass is 10.1. The number of nitrogens with two attached hydrogens (primary N) is 1. The van der Waals surface area contributed by atoms with Crippen molar-refractivity contribution in [3.63, 3.8) is 0 Å². The molecular weight excluding hydrogens is 350 g/mol. The van der Waals surface area contributed by atoms with Crippen LogP contribution in [0.5, 0.6) is 0 Å². The summed E-state index contributed by atoms with van der Waals surface area (Å²) in [4.78, 5) is 20.5. The van der Waals surface area contributed by atoms with E-state index in [0.717, 1.165) is 16.6 Å². The van der Waals surface area contributed by atoms with E-state index in [1.165, 1.54) is 6.20 Å². The molecule has 0 aliphatic rings. The quantitative estimate of drug-likeness (QED) is 0.552. The molecule has 3 heterocycles. The Balaban J connectivity index is 2.09. The molecule has 4 rings (SSSR count). The van der Waals surface area contributed by atoms with Crippen LogP contribution in [-0.2, 0) is 0 Å². The van der Waals surface area contributed by atoms with E-state index >= 15 is 0 Å². The van der Waals surface area contributed by atoms with Gasteiger partial charge in [-0.25, -0.2) is 4.98 Å². The van der Waals surface area contributed by atoms with Gasteiger partial charge in [0.2, 0.25) is 0 Å². The highest BCUT2D eigenvalue weighted by Gasteiger charge is 2.22. The molecular formula is C19H12ClN5O. The lowest BCUT2D eigenvalue weighted by Gasteiger charge is -2.10. The van der Waals surface area contributed by atoms with Gasteiger partial charge in [0.05, 0.1) is 28.4 Å². The molecule has 7 heteroatoms. The van der Waals surface area contributed by atoms with Crippen LogP contribution in [0.25, 0.3) is 27.5 Å². The average molecular weight is 362 g/mol. The number of benzene rings is 1. The summed E-state index contributed by atoms with van der Waals surface area (Å²) in [6, 6.07) is 11.4. The number of nitrogens with zero attached hydrogens (tertiary/aromatic N) is 4. The summed E-state index contributed by atoms with van der Waals surface area (Å²) in [5.41, 5.74) is 9.12. The van der Waals surface area contributed by atoms with Gasteiger partial charge in [0.25, 0.3) is 5.91 Å². The van der Waals surface area contributed by atoms with Gasteiger partial charge >= 0.3 is 0 Å². The normalized spacial score (nSPS) is 11.0. The first-order valence-electron chi connectivity index (χ1n) is 7.77. The van der Waals surface area contributed by atoms with Gasteiger partial charge in [0, 0.05) is 28.4 Å². The van der Waals surface area contributed by atoms with Crippen molar-refractivity contribution in [1.29, 1.82) is 5.26 Å². The Hall–Kier alpha value is -3.43. The Bertz CT molecular complexity index is 1250. The van der Waals surface area contributed by atoms with Crippen LogP contribution in [-0.4, -0.2) is 20.4 Å². The van der Waals surface area contributed by atoms with Crippen LogP contribution in [0.2, 0.25) is 5.15 Å². The zero-order chi connectivity index (χ0) is 18.4. The monoisotopic (exact) mass is 361 g/mol. The first kappa shape index (κ1) is 16.1. The molecule has 1 amide bonds. The lowest BCUT2D eigenvalue weighted by Crippen LogP contribution is -2.12. The number of primary amides is 1. The molecule has 4 aromatic rings. The predicted molar refractivity (Wildman–Crippen MR) is 99.4 cm³/mol. The van der Waals surface area contributed by atoms with E-state index in [4.69, 9.17) is 17.3 Å². The highest BCUT2D eigenvalue weighted by Crippen LogP contribution is 2.31. The van der Waals surface area contributed by atoms with Crippen LogP contribution in [0.1, 0.15) is 21.6 Å². The van der Waals surface area contributed by atoms with Gasteiger partial charge in [0.1, 0.15) is 11.2 Å². The molecule has 6 nitrogen and oxygen atoms in total. The fourth-order valence-electron chi connectivity index (χ4n) is 3.30. The Labute approximate surface area is 153 Å². The van der Waals surface area contributed by atoms with Crippen LogP contribution in [0.3, 0.4) is 0 Å². The van der Waals surface area contributed by atoms with E-state index in [0.29, 0.717) is 32.9 Å². The van der Waals surface area contributed by atoms with Gasteiger partial charge in [0.15, 0.2) is 0 Å². The molecule has 0 spiro atoms. The largest absolute Gasteiger partial charge is 0.366 e. The molecule has 3 aromatic heterocycles. The molecule has 126 valence electrons. The lowest BCUT2D eigenvalue weighted by molar-refractivity contribution is 0.100. The summed E-state index contributed by atoms with van der Waals surface area (Å²) in [7, 11) is 0. The van der Waals surface area contributed by atoms with Crippen LogP contribution in [0.15, 0.2) is 42.7 Å². The molecule has 0 fully saturated rings. The maximum absolute atomic E-state index is 12.1. The Morgan fingerprint density at radius 3 is 2.81 bits per heavy atom. The summed E-state index contributed by atoms with van der Waals surface area (Å²) in [5.74, 6) is -0.580. The van der Waals surface area contributed by atoms with Crippen molar-refractivity contribution in [2.24, 2.45) is 5.73 Å². The van der Waals surface area contributed by atoms with E-state index in [-0.39, 0.29) is 0 Å². The summed E-state index contributed by atoms with van der Waals surface area (Å²) < 4.78 is 1.87. The summed E-state index contributed by atoms with van der Waals surface area (Å²) >= 11 is 5.94. The minimum atomic E-state index is -0.580. The highest BCUT2D eigenvalue weighted by atomic mass is 35.5. The van der Waals surface area contributed by atoms with Crippen molar-refractivity contribution in [3.8, 4) is 11.8 Å². The second-order valence-corrected chi connectivity index (χ2v) is 6.25. The minimum Gasteiger partial charge on any atom is -0.366 e. The Kier molecular flexibility index (Phi) is 3.60. The first-order valence-corrected chi connectivity index (χ1v) is 8.14. The van der Waals surface area contributed by atoms with Gasteiger partial charge in [-0.3, -0.25) is 9.78 Å². The molecule has 0 saturated heterocycles. The highest BCUT2D eigenvalue weighted by molar-refractivity contribution is 6.29. The molecule has 26 heavy (non-hydrogen) atoms. The van der Waals surface area contributed by atoms with E-state index in [9.17, 15) is 10.1 Å². The molecule has 0 unspecified atom stereocenters. The maximum Gasteiger partial charge on any atom is 0.251 e. The number of hydrogen-bond donors (Lipinski definition) is 1. The van der Waals surface area contributed by atoms with E-state index < -0.39 is 5.91 Å². The minimum absolute atomic E-state index is 0.312. The van der Waals surface area contributed by atoms with Crippen LogP contribution in [0, 0.1) is 18.3 Å². The molecule has 2 N–H and O–H groups in total. The third kappa shape index (κ3) is 2.30. The van der Waals surface area contributed by atoms with Gasteiger partial charge in [-0.2, -0.15) is 5.26 Å². The second-order valence-electron chi connectivity index (χ2n) is 5.86. The molecule has 0 atom stereocenters. The van der Waals surface area contributed by atoms with Crippen LogP contribution >= 0.6 is 11.6 Å². The molecule has 0 bridgehead atoms. The van der Waals surface area contributed by atoms with E-state index in [1.54, 1.807) is 19.2 Å². The number of halogens is 1. The SMILES string of the molecule is Cc1c(C(N)=O)c2c(C#N)cncc2n1-c1ccc2nc(Cl)ccc2c1. The fraction of sp³-hybridized carbons (Fsp3) is 0.0526. The smallest absolute Gasteiger partial charge is 0.251 e. The zero-order valence-corrected chi connectivity index (χ0v) is 14.4. The number of carbonyl (C=O) groups is 1. The maximum atomic E-state index is 12.1. The molecule has 0 aliphatic heterocycles. The zero-order valence-electron chi connectivity index (χ0n) is 13.7. The molecule has 0 radical (unpaired) electrons. The number of aromatic nitrogens is 3. The summed E-state index contributed by atoms with van der Waals surface area (Å²) in [6.45, 7) is 1.80. The number of nitriles is 1. The molecule has 1 aromatic carbocycles. The first-order chi connectivity index (χ1) is 12.5. The average Bonchev–Trinajstić information content (AvgIpc) is 2.93. The number of hydrogen-bond acceptors (Lipinski definition) is 4. The van der Waals surface area contributed by atoms with Crippen molar-refractivity contribution in [1.82, 2.24) is 14.5 Å². The van der Waals surface area contributed by atoms with Crippen molar-refractivity contribution in [2.45, 2.75) is 6.92 Å². The van der Waals surface area contributed by atoms with Crippen molar-refractivity contribution >= 4 is 39.3 Å². The summed E-state index contributed by atoms with van der Waals surface area (Å²) in [5, 5.41) is 11.2. The predicted octanol–water partition coefficient (Wildman–Crippen LogP) is 3.51. The van der Waals surface area contributed by atoms with Gasteiger partial charge in [-0.1, -0.05) is 11.6 Å². The Morgan fingerprint density at radius 2 is 2.08 bits per heavy atom.